The highest BCUT2D eigenvalue weighted by Gasteiger charge is 2.09. The van der Waals surface area contributed by atoms with Crippen LogP contribution in [0.3, 0.4) is 0 Å². The van der Waals surface area contributed by atoms with E-state index in [1.54, 1.807) is 0 Å². The second-order valence-electron chi connectivity index (χ2n) is 5.73. The Hall–Kier alpha value is -0.280. The second-order valence-corrected chi connectivity index (χ2v) is 6.54. The van der Waals surface area contributed by atoms with Crippen LogP contribution >= 0.6 is 23.2 Å². The van der Waals surface area contributed by atoms with Crippen molar-refractivity contribution in [2.24, 2.45) is 5.84 Å². The van der Waals surface area contributed by atoms with E-state index in [2.05, 4.69) is 12.3 Å². The molecule has 1 aromatic carbocycles. The quantitative estimate of drug-likeness (QED) is 0.319. The molecule has 21 heavy (non-hydrogen) atoms. The van der Waals surface area contributed by atoms with Crippen LogP contribution in [0.5, 0.6) is 0 Å². The third-order valence-electron chi connectivity index (χ3n) is 3.86. The Labute approximate surface area is 139 Å². The van der Waals surface area contributed by atoms with Crippen LogP contribution in [-0.4, -0.2) is 6.04 Å². The van der Waals surface area contributed by atoms with Gasteiger partial charge in [-0.15, -0.1) is 0 Å². The van der Waals surface area contributed by atoms with Crippen molar-refractivity contribution in [2.75, 3.05) is 0 Å². The van der Waals surface area contributed by atoms with Crippen LogP contribution in [0.15, 0.2) is 18.2 Å². The molecule has 0 heterocycles. The molecule has 4 heteroatoms. The van der Waals surface area contributed by atoms with E-state index in [0.717, 1.165) is 12.8 Å². The van der Waals surface area contributed by atoms with E-state index < -0.39 is 0 Å². The summed E-state index contributed by atoms with van der Waals surface area (Å²) in [6.07, 6.45) is 11.3. The van der Waals surface area contributed by atoms with Crippen LogP contribution in [0.25, 0.3) is 0 Å². The molecule has 1 unspecified atom stereocenters. The summed E-state index contributed by atoms with van der Waals surface area (Å²) >= 11 is 12.0. The molecule has 1 rings (SSSR count). The van der Waals surface area contributed by atoms with Gasteiger partial charge in [-0.2, -0.15) is 0 Å². The summed E-state index contributed by atoms with van der Waals surface area (Å²) in [5.74, 6) is 5.66. The molecule has 0 spiro atoms. The zero-order valence-electron chi connectivity index (χ0n) is 13.0. The van der Waals surface area contributed by atoms with Gasteiger partial charge < -0.3 is 0 Å². The first-order valence-corrected chi connectivity index (χ1v) is 8.83. The number of hydrazine groups is 1. The monoisotopic (exact) mass is 330 g/mol. The summed E-state index contributed by atoms with van der Waals surface area (Å²) in [5.41, 5.74) is 4.10. The Bertz CT molecular complexity index is 396. The van der Waals surface area contributed by atoms with Crippen molar-refractivity contribution < 1.29 is 0 Å². The highest BCUT2D eigenvalue weighted by molar-refractivity contribution is 6.42. The molecule has 3 N–H and O–H groups in total. The molecular weight excluding hydrogens is 303 g/mol. The smallest absolute Gasteiger partial charge is 0.0595 e. The first kappa shape index (κ1) is 18.8. The minimum absolute atomic E-state index is 0.304. The fraction of sp³-hybridized carbons (Fsp3) is 0.647. The summed E-state index contributed by atoms with van der Waals surface area (Å²) in [5, 5.41) is 1.21. The van der Waals surface area contributed by atoms with Crippen molar-refractivity contribution in [1.29, 1.82) is 0 Å². The Morgan fingerprint density at radius 2 is 1.67 bits per heavy atom. The van der Waals surface area contributed by atoms with Gasteiger partial charge in [-0.3, -0.25) is 11.3 Å². The molecule has 0 aliphatic heterocycles. The van der Waals surface area contributed by atoms with Crippen LogP contribution in [0.4, 0.5) is 0 Å². The molecule has 0 aliphatic carbocycles. The first-order chi connectivity index (χ1) is 10.2. The van der Waals surface area contributed by atoms with Gasteiger partial charge in [-0.25, -0.2) is 0 Å². The number of benzene rings is 1. The third kappa shape index (κ3) is 8.06. The fourth-order valence-electron chi connectivity index (χ4n) is 2.54. The van der Waals surface area contributed by atoms with E-state index >= 15 is 0 Å². The average molecular weight is 331 g/mol. The highest BCUT2D eigenvalue weighted by atomic mass is 35.5. The topological polar surface area (TPSA) is 38.0 Å². The summed E-state index contributed by atoms with van der Waals surface area (Å²) in [4.78, 5) is 0. The van der Waals surface area contributed by atoms with E-state index in [4.69, 9.17) is 29.0 Å². The molecule has 1 atom stereocenters. The number of nitrogens with one attached hydrogen (secondary N) is 1. The van der Waals surface area contributed by atoms with Gasteiger partial charge in [0.2, 0.25) is 0 Å². The van der Waals surface area contributed by atoms with E-state index in [9.17, 15) is 0 Å². The lowest BCUT2D eigenvalue weighted by molar-refractivity contribution is 0.458. The Balaban J connectivity index is 2.23. The molecular formula is C17H28Cl2N2. The lowest BCUT2D eigenvalue weighted by Gasteiger charge is -2.16. The molecule has 0 aliphatic rings. The zero-order chi connectivity index (χ0) is 15.5. The molecule has 120 valence electrons. The summed E-state index contributed by atoms with van der Waals surface area (Å²) in [6, 6.07) is 6.10. The van der Waals surface area contributed by atoms with E-state index in [-0.39, 0.29) is 0 Å². The summed E-state index contributed by atoms with van der Waals surface area (Å²) in [7, 11) is 0. The van der Waals surface area contributed by atoms with Gasteiger partial charge in [0.15, 0.2) is 0 Å². The molecule has 1 aromatic rings. The normalized spacial score (nSPS) is 12.6. The molecule has 0 saturated carbocycles. The molecule has 0 bridgehead atoms. The van der Waals surface area contributed by atoms with Crippen molar-refractivity contribution in [3.63, 3.8) is 0 Å². The zero-order valence-corrected chi connectivity index (χ0v) is 14.5. The third-order valence-corrected chi connectivity index (χ3v) is 4.60. The molecule has 0 amide bonds. The predicted octanol–water partition coefficient (Wildman–Crippen LogP) is 5.51. The van der Waals surface area contributed by atoms with Gasteiger partial charge in [-0.1, -0.05) is 81.1 Å². The van der Waals surface area contributed by atoms with Crippen molar-refractivity contribution in [3.8, 4) is 0 Å². The maximum absolute atomic E-state index is 6.04. The minimum Gasteiger partial charge on any atom is -0.271 e. The first-order valence-electron chi connectivity index (χ1n) is 8.07. The van der Waals surface area contributed by atoms with Crippen LogP contribution < -0.4 is 11.3 Å². The molecule has 0 fully saturated rings. The SMILES string of the molecule is CCCCCCCCCC(Cc1ccc(Cl)c(Cl)c1)NN. The Morgan fingerprint density at radius 3 is 2.29 bits per heavy atom. The lowest BCUT2D eigenvalue weighted by Crippen LogP contribution is -2.36. The van der Waals surface area contributed by atoms with Crippen LogP contribution in [0.1, 0.15) is 63.9 Å². The molecule has 0 aromatic heterocycles. The summed E-state index contributed by atoms with van der Waals surface area (Å²) < 4.78 is 0. The van der Waals surface area contributed by atoms with Gasteiger partial charge >= 0.3 is 0 Å². The summed E-state index contributed by atoms with van der Waals surface area (Å²) in [6.45, 7) is 2.25. The minimum atomic E-state index is 0.304. The van der Waals surface area contributed by atoms with Gasteiger partial charge in [0.05, 0.1) is 10.0 Å². The second kappa shape index (κ2) is 11.3. The van der Waals surface area contributed by atoms with E-state index in [0.29, 0.717) is 16.1 Å². The van der Waals surface area contributed by atoms with Crippen molar-refractivity contribution >= 4 is 23.2 Å². The standard InChI is InChI=1S/C17H28Cl2N2/c1-2-3-4-5-6-7-8-9-15(21-20)12-14-10-11-16(18)17(19)13-14/h10-11,13,15,21H,2-9,12,20H2,1H3. The number of hydrogen-bond acceptors (Lipinski definition) is 2. The van der Waals surface area contributed by atoms with E-state index in [1.807, 2.05) is 18.2 Å². The van der Waals surface area contributed by atoms with Crippen molar-refractivity contribution in [2.45, 2.75) is 70.8 Å². The Morgan fingerprint density at radius 1 is 1.00 bits per heavy atom. The average Bonchev–Trinajstić information content (AvgIpc) is 2.48. The van der Waals surface area contributed by atoms with Gasteiger partial charge in [0.1, 0.15) is 0 Å². The fourth-order valence-corrected chi connectivity index (χ4v) is 2.86. The number of rotatable bonds is 11. The highest BCUT2D eigenvalue weighted by Crippen LogP contribution is 2.23. The largest absolute Gasteiger partial charge is 0.271 e. The number of unbranched alkanes of at least 4 members (excludes halogenated alkanes) is 6. The number of halogens is 2. The maximum atomic E-state index is 6.04. The van der Waals surface area contributed by atoms with Gasteiger partial charge in [0, 0.05) is 6.04 Å². The van der Waals surface area contributed by atoms with E-state index in [1.165, 1.54) is 50.5 Å². The molecule has 0 radical (unpaired) electrons. The van der Waals surface area contributed by atoms with Gasteiger partial charge in [0.25, 0.3) is 0 Å². The van der Waals surface area contributed by atoms with Crippen LogP contribution in [-0.2, 0) is 6.42 Å². The molecule has 0 saturated heterocycles. The Kier molecular flexibility index (Phi) is 10.1. The lowest BCUT2D eigenvalue weighted by atomic mass is 10.00. The predicted molar refractivity (Wildman–Crippen MR) is 93.9 cm³/mol. The van der Waals surface area contributed by atoms with Crippen molar-refractivity contribution in [1.82, 2.24) is 5.43 Å². The number of hydrogen-bond donors (Lipinski definition) is 2. The van der Waals surface area contributed by atoms with Crippen LogP contribution in [0, 0.1) is 0 Å². The van der Waals surface area contributed by atoms with Crippen LogP contribution in [0.2, 0.25) is 10.0 Å². The van der Waals surface area contributed by atoms with Crippen molar-refractivity contribution in [3.05, 3.63) is 33.8 Å². The number of nitrogens with two attached hydrogens (primary N) is 1. The van der Waals surface area contributed by atoms with Gasteiger partial charge in [-0.05, 0) is 30.5 Å². The molecule has 2 nitrogen and oxygen atoms in total. The maximum Gasteiger partial charge on any atom is 0.0595 e.